The van der Waals surface area contributed by atoms with Crippen molar-refractivity contribution in [3.8, 4) is 23.1 Å². The first-order valence-electron chi connectivity index (χ1n) is 9.32. The second kappa shape index (κ2) is 7.90. The molecule has 1 unspecified atom stereocenters. The second-order valence-corrected chi connectivity index (χ2v) is 6.88. The summed E-state index contributed by atoms with van der Waals surface area (Å²) in [5.41, 5.74) is 1.05. The molecule has 1 aliphatic heterocycles. The topological polar surface area (TPSA) is 108 Å². The predicted octanol–water partition coefficient (Wildman–Crippen LogP) is 2.13. The highest BCUT2D eigenvalue weighted by Gasteiger charge is 2.27. The maximum absolute atomic E-state index is 13.1. The zero-order valence-electron chi connectivity index (χ0n) is 16.5. The first-order chi connectivity index (χ1) is 14.1. The average Bonchev–Trinajstić information content (AvgIpc) is 3.42. The van der Waals surface area contributed by atoms with E-state index in [9.17, 15) is 4.79 Å². The molecule has 3 heterocycles. The maximum atomic E-state index is 13.1. The molecular formula is C19H22N6O4. The summed E-state index contributed by atoms with van der Waals surface area (Å²) in [6.07, 6.45) is 3.55. The van der Waals surface area contributed by atoms with Crippen LogP contribution in [0.5, 0.6) is 11.5 Å². The smallest absolute Gasteiger partial charge is 0.280 e. The van der Waals surface area contributed by atoms with Crippen molar-refractivity contribution in [1.29, 1.82) is 0 Å². The summed E-state index contributed by atoms with van der Waals surface area (Å²) in [7, 11) is 3.13. The number of methoxy groups -OCH3 is 2. The van der Waals surface area contributed by atoms with Crippen LogP contribution < -0.4 is 9.47 Å². The summed E-state index contributed by atoms with van der Waals surface area (Å²) >= 11 is 0. The van der Waals surface area contributed by atoms with Gasteiger partial charge in [0.1, 0.15) is 11.5 Å². The number of hydrogen-bond acceptors (Lipinski definition) is 8. The van der Waals surface area contributed by atoms with Gasteiger partial charge in [0.2, 0.25) is 0 Å². The summed E-state index contributed by atoms with van der Waals surface area (Å²) < 4.78 is 17.5. The van der Waals surface area contributed by atoms with Crippen LogP contribution >= 0.6 is 0 Å². The molecule has 1 fully saturated rings. The number of rotatable bonds is 5. The summed E-state index contributed by atoms with van der Waals surface area (Å²) in [6.45, 7) is 2.96. The normalized spacial score (nSPS) is 16.7. The third-order valence-electron chi connectivity index (χ3n) is 4.91. The minimum absolute atomic E-state index is 0.0190. The lowest BCUT2D eigenvalue weighted by atomic mass is 10.0. The average molecular weight is 398 g/mol. The van der Waals surface area contributed by atoms with Crippen LogP contribution in [0.25, 0.3) is 11.6 Å². The highest BCUT2D eigenvalue weighted by molar-refractivity contribution is 5.95. The van der Waals surface area contributed by atoms with Crippen LogP contribution in [0.4, 0.5) is 0 Å². The van der Waals surface area contributed by atoms with Crippen LogP contribution in [0.15, 0.2) is 28.9 Å². The van der Waals surface area contributed by atoms with Gasteiger partial charge < -0.3 is 18.9 Å². The molecule has 152 valence electrons. The zero-order valence-corrected chi connectivity index (χ0v) is 16.5. The molecule has 10 nitrogen and oxygen atoms in total. The van der Waals surface area contributed by atoms with Gasteiger partial charge in [0.25, 0.3) is 11.8 Å². The fraction of sp³-hybridized carbons (Fsp3) is 0.421. The number of amides is 1. The molecule has 1 atom stereocenters. The Morgan fingerprint density at radius 3 is 2.62 bits per heavy atom. The molecule has 29 heavy (non-hydrogen) atoms. The van der Waals surface area contributed by atoms with Crippen LogP contribution in [0.1, 0.15) is 35.1 Å². The minimum Gasteiger partial charge on any atom is -0.497 e. The van der Waals surface area contributed by atoms with E-state index in [1.165, 1.54) is 0 Å². The van der Waals surface area contributed by atoms with Crippen LogP contribution in [0, 0.1) is 6.92 Å². The van der Waals surface area contributed by atoms with Crippen LogP contribution in [-0.2, 0) is 0 Å². The first-order valence-corrected chi connectivity index (χ1v) is 9.32. The van der Waals surface area contributed by atoms with Crippen molar-refractivity contribution < 1.29 is 18.8 Å². The van der Waals surface area contributed by atoms with Crippen molar-refractivity contribution in [2.45, 2.75) is 25.8 Å². The molecule has 0 aliphatic carbocycles. The number of aromatic nitrogens is 5. The number of nitrogens with zero attached hydrogens (tertiary/aromatic N) is 6. The Hall–Kier alpha value is -3.43. The van der Waals surface area contributed by atoms with Crippen LogP contribution in [0.3, 0.4) is 0 Å². The molecule has 1 amide bonds. The Morgan fingerprint density at radius 2 is 1.97 bits per heavy atom. The zero-order chi connectivity index (χ0) is 20.4. The molecule has 0 saturated carbocycles. The minimum atomic E-state index is -0.0697. The van der Waals surface area contributed by atoms with Gasteiger partial charge in [0.05, 0.1) is 26.5 Å². The number of hydrogen-bond donors (Lipinski definition) is 0. The summed E-state index contributed by atoms with van der Waals surface area (Å²) in [5, 5.41) is 12.1. The molecule has 0 radical (unpaired) electrons. The highest BCUT2D eigenvalue weighted by Crippen LogP contribution is 2.27. The van der Waals surface area contributed by atoms with Gasteiger partial charge in [-0.15, -0.1) is 5.10 Å². The van der Waals surface area contributed by atoms with Crippen molar-refractivity contribution in [2.75, 3.05) is 27.3 Å². The molecule has 1 aliphatic rings. The van der Waals surface area contributed by atoms with Crippen molar-refractivity contribution in [1.82, 2.24) is 30.0 Å². The Kier molecular flexibility index (Phi) is 5.15. The fourth-order valence-electron chi connectivity index (χ4n) is 3.42. The maximum Gasteiger partial charge on any atom is 0.280 e. The van der Waals surface area contributed by atoms with E-state index >= 15 is 0 Å². The van der Waals surface area contributed by atoms with Gasteiger partial charge in [-0.25, -0.2) is 4.68 Å². The monoisotopic (exact) mass is 398 g/mol. The number of aryl methyl sites for hydroxylation is 1. The Labute approximate surface area is 167 Å². The molecule has 1 aromatic carbocycles. The van der Waals surface area contributed by atoms with Crippen molar-refractivity contribution in [3.63, 3.8) is 0 Å². The highest BCUT2D eigenvalue weighted by atomic mass is 16.5. The second-order valence-electron chi connectivity index (χ2n) is 6.88. The molecule has 2 aromatic heterocycles. The van der Waals surface area contributed by atoms with Gasteiger partial charge in [-0.1, -0.05) is 10.4 Å². The van der Waals surface area contributed by atoms with Gasteiger partial charge in [0.15, 0.2) is 11.5 Å². The SMILES string of the molecule is COc1cc(OC)cc(C(=O)N2CCCC(n3cc(-c4nc(C)no4)nn3)C2)c1. The van der Waals surface area contributed by atoms with E-state index in [2.05, 4.69) is 20.5 Å². The summed E-state index contributed by atoms with van der Waals surface area (Å²) in [5.74, 6) is 1.97. The van der Waals surface area contributed by atoms with E-state index < -0.39 is 0 Å². The molecular weight excluding hydrogens is 376 g/mol. The number of likely N-dealkylation sites (tertiary alicyclic amines) is 1. The number of ether oxygens (including phenoxy) is 2. The largest absolute Gasteiger partial charge is 0.497 e. The predicted molar refractivity (Wildman–Crippen MR) is 102 cm³/mol. The lowest BCUT2D eigenvalue weighted by molar-refractivity contribution is 0.0671. The number of benzene rings is 1. The number of carbonyl (C=O) groups is 1. The third kappa shape index (κ3) is 3.91. The summed E-state index contributed by atoms with van der Waals surface area (Å²) in [6, 6.07) is 5.21. The van der Waals surface area contributed by atoms with Crippen molar-refractivity contribution in [3.05, 3.63) is 35.8 Å². The van der Waals surface area contributed by atoms with Gasteiger partial charge in [-0.05, 0) is 31.9 Å². The lowest BCUT2D eigenvalue weighted by Gasteiger charge is -2.32. The van der Waals surface area contributed by atoms with E-state index in [0.717, 1.165) is 12.8 Å². The number of piperidine rings is 1. The Balaban J connectivity index is 1.51. The van der Waals surface area contributed by atoms with E-state index in [4.69, 9.17) is 14.0 Å². The third-order valence-corrected chi connectivity index (χ3v) is 4.91. The van der Waals surface area contributed by atoms with E-state index in [-0.39, 0.29) is 11.9 Å². The van der Waals surface area contributed by atoms with Crippen molar-refractivity contribution >= 4 is 5.91 Å². The van der Waals surface area contributed by atoms with Crippen molar-refractivity contribution in [2.24, 2.45) is 0 Å². The molecule has 0 N–H and O–H groups in total. The molecule has 1 saturated heterocycles. The van der Waals surface area contributed by atoms with Gasteiger partial charge >= 0.3 is 0 Å². The first kappa shape index (κ1) is 18.9. The molecule has 4 rings (SSSR count). The van der Waals surface area contributed by atoms with E-state index in [0.29, 0.717) is 47.6 Å². The van der Waals surface area contributed by atoms with Gasteiger partial charge in [0, 0.05) is 24.7 Å². The van der Waals surface area contributed by atoms with E-state index in [1.807, 2.05) is 4.90 Å². The number of carbonyl (C=O) groups excluding carboxylic acids is 1. The summed E-state index contributed by atoms with van der Waals surface area (Å²) in [4.78, 5) is 19.1. The molecule has 0 bridgehead atoms. The molecule has 0 spiro atoms. The van der Waals surface area contributed by atoms with Crippen LogP contribution in [0.2, 0.25) is 0 Å². The Morgan fingerprint density at radius 1 is 1.21 bits per heavy atom. The quantitative estimate of drug-likeness (QED) is 0.643. The van der Waals surface area contributed by atoms with Gasteiger partial charge in [-0.3, -0.25) is 4.79 Å². The van der Waals surface area contributed by atoms with Gasteiger partial charge in [-0.2, -0.15) is 4.98 Å². The fourth-order valence-corrected chi connectivity index (χ4v) is 3.42. The van der Waals surface area contributed by atoms with E-state index in [1.54, 1.807) is 50.2 Å². The standard InChI is InChI=1S/C19H22N6O4/c1-12-20-18(29-22-12)17-11-25(23-21-17)14-5-4-6-24(10-14)19(26)13-7-15(27-2)9-16(8-13)28-3/h7-9,11,14H,4-6,10H2,1-3H3. The van der Waals surface area contributed by atoms with Crippen LogP contribution in [-0.4, -0.2) is 63.3 Å². The molecule has 10 heteroatoms. The molecule has 3 aromatic rings. The lowest BCUT2D eigenvalue weighted by Crippen LogP contribution is -2.40. The Bertz CT molecular complexity index is 992.